The summed E-state index contributed by atoms with van der Waals surface area (Å²) in [5.74, 6) is 0.823. The molecule has 1 fully saturated rings. The average molecular weight is 415 g/mol. The van der Waals surface area contributed by atoms with Crippen molar-refractivity contribution in [2.45, 2.75) is 19.1 Å². The number of hydrogen-bond donors (Lipinski definition) is 2. The number of aliphatic hydroxyl groups is 1. The highest BCUT2D eigenvalue weighted by Gasteiger charge is 2.27. The van der Waals surface area contributed by atoms with Gasteiger partial charge in [-0.25, -0.2) is 4.39 Å². The van der Waals surface area contributed by atoms with Crippen molar-refractivity contribution >= 4 is 11.6 Å². The number of rotatable bonds is 6. The van der Waals surface area contributed by atoms with E-state index in [0.29, 0.717) is 36.8 Å². The van der Waals surface area contributed by atoms with E-state index in [1.165, 1.54) is 12.1 Å². The number of ether oxygens (including phenoxy) is 2. The number of halogens is 1. The molecule has 0 aromatic heterocycles. The van der Waals surface area contributed by atoms with Crippen LogP contribution in [0, 0.1) is 5.82 Å². The van der Waals surface area contributed by atoms with Crippen molar-refractivity contribution in [1.82, 2.24) is 9.80 Å². The van der Waals surface area contributed by atoms with E-state index >= 15 is 0 Å². The van der Waals surface area contributed by atoms with Crippen molar-refractivity contribution in [3.05, 3.63) is 53.8 Å². The molecule has 4 rings (SSSR count). The minimum atomic E-state index is -0.625. The van der Waals surface area contributed by atoms with Crippen molar-refractivity contribution in [3.8, 4) is 11.5 Å². The van der Waals surface area contributed by atoms with Crippen LogP contribution in [0.5, 0.6) is 11.5 Å². The topological polar surface area (TPSA) is 74.3 Å². The molecule has 2 aromatic rings. The second kappa shape index (κ2) is 8.99. The number of amides is 1. The molecule has 1 saturated heterocycles. The number of carbonyl (C=O) groups is 1. The van der Waals surface area contributed by atoms with Gasteiger partial charge in [-0.05, 0) is 42.8 Å². The second-order valence-corrected chi connectivity index (χ2v) is 7.64. The molecule has 1 amide bonds. The lowest BCUT2D eigenvalue weighted by molar-refractivity contribution is -0.121. The highest BCUT2D eigenvalue weighted by molar-refractivity contribution is 5.94. The van der Waals surface area contributed by atoms with Gasteiger partial charge in [0.1, 0.15) is 5.82 Å². The largest absolute Gasteiger partial charge is 0.454 e. The first-order valence-electron chi connectivity index (χ1n) is 10.1. The minimum Gasteiger partial charge on any atom is -0.454 e. The second-order valence-electron chi connectivity index (χ2n) is 7.64. The molecule has 160 valence electrons. The number of hydrogen-bond acceptors (Lipinski definition) is 6. The molecule has 2 aliphatic heterocycles. The van der Waals surface area contributed by atoms with Crippen LogP contribution in [0.2, 0.25) is 0 Å². The fourth-order valence-electron chi connectivity index (χ4n) is 3.78. The average Bonchev–Trinajstić information content (AvgIpc) is 3.21. The third kappa shape index (κ3) is 4.72. The highest BCUT2D eigenvalue weighted by atomic mass is 19.1. The summed E-state index contributed by atoms with van der Waals surface area (Å²) >= 11 is 0. The van der Waals surface area contributed by atoms with E-state index in [1.54, 1.807) is 12.1 Å². The molecule has 2 heterocycles. The van der Waals surface area contributed by atoms with Crippen molar-refractivity contribution in [1.29, 1.82) is 0 Å². The molecule has 0 unspecified atom stereocenters. The Bertz CT molecular complexity index is 902. The molecule has 0 spiro atoms. The number of anilines is 1. The molecule has 2 aliphatic rings. The molecule has 0 saturated carbocycles. The normalized spacial score (nSPS) is 18.8. The van der Waals surface area contributed by atoms with Gasteiger partial charge in [0, 0.05) is 38.4 Å². The van der Waals surface area contributed by atoms with Gasteiger partial charge in [-0.1, -0.05) is 12.1 Å². The maximum absolute atomic E-state index is 13.3. The molecule has 0 radical (unpaired) electrons. The zero-order valence-corrected chi connectivity index (χ0v) is 16.9. The number of β-amino-alcohol motifs (C(OH)–C–C–N with tert-alkyl or cyclic N) is 1. The molecule has 8 heteroatoms. The molecule has 30 heavy (non-hydrogen) atoms. The summed E-state index contributed by atoms with van der Waals surface area (Å²) in [5.41, 5.74) is 1.25. The number of piperazine rings is 1. The van der Waals surface area contributed by atoms with E-state index in [0.717, 1.165) is 18.7 Å². The van der Waals surface area contributed by atoms with Crippen LogP contribution in [-0.4, -0.2) is 66.4 Å². The van der Waals surface area contributed by atoms with Crippen LogP contribution in [0.15, 0.2) is 42.5 Å². The van der Waals surface area contributed by atoms with Crippen molar-refractivity contribution in [2.24, 2.45) is 0 Å². The Morgan fingerprint density at radius 1 is 1.13 bits per heavy atom. The van der Waals surface area contributed by atoms with Gasteiger partial charge in [0.25, 0.3) is 0 Å². The van der Waals surface area contributed by atoms with Crippen LogP contribution < -0.4 is 14.8 Å². The van der Waals surface area contributed by atoms with Crippen molar-refractivity contribution in [2.75, 3.05) is 44.8 Å². The van der Waals surface area contributed by atoms with E-state index in [1.807, 2.05) is 25.1 Å². The number of nitrogens with one attached hydrogen (secondary N) is 1. The number of nitrogens with zero attached hydrogens (tertiary/aromatic N) is 2. The quantitative estimate of drug-likeness (QED) is 0.754. The Hall–Kier alpha value is -2.68. The predicted octanol–water partition coefficient (Wildman–Crippen LogP) is 2.23. The van der Waals surface area contributed by atoms with E-state index < -0.39 is 6.10 Å². The Labute approximate surface area is 175 Å². The number of carbonyl (C=O) groups excluding carboxylic acids is 1. The van der Waals surface area contributed by atoms with Gasteiger partial charge in [0.15, 0.2) is 11.5 Å². The number of aliphatic hydroxyl groups excluding tert-OH is 1. The van der Waals surface area contributed by atoms with Gasteiger partial charge < -0.3 is 19.9 Å². The van der Waals surface area contributed by atoms with Gasteiger partial charge in [0.2, 0.25) is 12.7 Å². The number of fused-ring (bicyclic) bond motifs is 1. The van der Waals surface area contributed by atoms with Gasteiger partial charge in [-0.15, -0.1) is 0 Å². The summed E-state index contributed by atoms with van der Waals surface area (Å²) in [6, 6.07) is 11.1. The zero-order chi connectivity index (χ0) is 21.1. The molecule has 0 aliphatic carbocycles. The predicted molar refractivity (Wildman–Crippen MR) is 110 cm³/mol. The first-order valence-corrected chi connectivity index (χ1v) is 10.1. The maximum Gasteiger partial charge on any atom is 0.241 e. The van der Waals surface area contributed by atoms with Gasteiger partial charge >= 0.3 is 0 Å². The minimum absolute atomic E-state index is 0.158. The Balaban J connectivity index is 1.26. The van der Waals surface area contributed by atoms with Crippen molar-refractivity contribution in [3.63, 3.8) is 0 Å². The molecular formula is C22H26FN3O4. The monoisotopic (exact) mass is 415 g/mol. The summed E-state index contributed by atoms with van der Waals surface area (Å²) < 4.78 is 24.0. The van der Waals surface area contributed by atoms with E-state index in [2.05, 4.69) is 15.1 Å². The molecule has 2 N–H and O–H groups in total. The van der Waals surface area contributed by atoms with E-state index in [-0.39, 0.29) is 24.6 Å². The van der Waals surface area contributed by atoms with Crippen LogP contribution >= 0.6 is 0 Å². The first kappa shape index (κ1) is 20.6. The lowest BCUT2D eigenvalue weighted by Gasteiger charge is -2.38. The lowest BCUT2D eigenvalue weighted by atomic mass is 10.1. The smallest absolute Gasteiger partial charge is 0.241 e. The van der Waals surface area contributed by atoms with Crippen LogP contribution in [0.25, 0.3) is 0 Å². The molecule has 7 nitrogen and oxygen atoms in total. The summed E-state index contributed by atoms with van der Waals surface area (Å²) in [6.45, 7) is 5.50. The van der Waals surface area contributed by atoms with Gasteiger partial charge in [-0.2, -0.15) is 0 Å². The van der Waals surface area contributed by atoms with Crippen LogP contribution in [-0.2, 0) is 4.79 Å². The number of benzene rings is 2. The molecule has 0 bridgehead atoms. The summed E-state index contributed by atoms with van der Waals surface area (Å²) in [6.07, 6.45) is -0.625. The van der Waals surface area contributed by atoms with Crippen LogP contribution in [0.1, 0.15) is 18.6 Å². The molecule has 2 aromatic carbocycles. The Morgan fingerprint density at radius 2 is 1.90 bits per heavy atom. The zero-order valence-electron chi connectivity index (χ0n) is 16.9. The summed E-state index contributed by atoms with van der Waals surface area (Å²) in [7, 11) is 0. The maximum atomic E-state index is 13.3. The van der Waals surface area contributed by atoms with E-state index in [4.69, 9.17) is 9.47 Å². The fourth-order valence-corrected chi connectivity index (χ4v) is 3.78. The standard InChI is InChI=1S/C22H26FN3O4/c1-15(22(28)24-18-4-2-3-17(23)12-18)26-9-7-25(8-10-26)13-19(27)16-5-6-20-21(11-16)30-14-29-20/h2-6,11-12,15,19,27H,7-10,13-14H2,1H3,(H,24,28)/t15-,19+/m1/s1. The first-order chi connectivity index (χ1) is 14.5. The van der Waals surface area contributed by atoms with E-state index in [9.17, 15) is 14.3 Å². The third-order valence-corrected chi connectivity index (χ3v) is 5.64. The van der Waals surface area contributed by atoms with Crippen LogP contribution in [0.3, 0.4) is 0 Å². The molecular weight excluding hydrogens is 389 g/mol. The fraction of sp³-hybridized carbons (Fsp3) is 0.409. The van der Waals surface area contributed by atoms with Crippen molar-refractivity contribution < 1.29 is 23.8 Å². The Morgan fingerprint density at radius 3 is 2.67 bits per heavy atom. The summed E-state index contributed by atoms with van der Waals surface area (Å²) in [5, 5.41) is 13.4. The SMILES string of the molecule is C[C@H](C(=O)Nc1cccc(F)c1)N1CCN(C[C@H](O)c2ccc3c(c2)OCO3)CC1. The van der Waals surface area contributed by atoms with Gasteiger partial charge in [0.05, 0.1) is 12.1 Å². The molecule has 2 atom stereocenters. The Kier molecular flexibility index (Phi) is 6.17. The summed E-state index contributed by atoms with van der Waals surface area (Å²) in [4.78, 5) is 16.8. The lowest BCUT2D eigenvalue weighted by Crippen LogP contribution is -2.53. The van der Waals surface area contributed by atoms with Gasteiger partial charge in [-0.3, -0.25) is 14.6 Å². The van der Waals surface area contributed by atoms with Crippen LogP contribution in [0.4, 0.5) is 10.1 Å². The third-order valence-electron chi connectivity index (χ3n) is 5.64. The highest BCUT2D eigenvalue weighted by Crippen LogP contribution is 2.34.